The van der Waals surface area contributed by atoms with Gasteiger partial charge in [0.2, 0.25) is 0 Å². The topological polar surface area (TPSA) is 41.1 Å². The summed E-state index contributed by atoms with van der Waals surface area (Å²) in [4.78, 5) is 12.1. The lowest BCUT2D eigenvalue weighted by Gasteiger charge is -2.17. The predicted molar refractivity (Wildman–Crippen MR) is 103 cm³/mol. The molecule has 0 saturated heterocycles. The number of carbonyl (C=O) groups is 1. The number of hydrogen-bond donors (Lipinski definition) is 2. The highest BCUT2D eigenvalue weighted by atomic mass is 79.9. The van der Waals surface area contributed by atoms with Crippen LogP contribution in [0.15, 0.2) is 53.0 Å². The Hall–Kier alpha value is -1.72. The summed E-state index contributed by atoms with van der Waals surface area (Å²) in [6.07, 6.45) is 1.02. The Morgan fingerprint density at radius 1 is 1.22 bits per heavy atom. The first-order valence-corrected chi connectivity index (χ1v) is 8.68. The van der Waals surface area contributed by atoms with E-state index in [-0.39, 0.29) is 5.91 Å². The fourth-order valence-corrected chi connectivity index (χ4v) is 2.77. The van der Waals surface area contributed by atoms with Crippen LogP contribution >= 0.6 is 28.1 Å². The fraction of sp³-hybridized carbons (Fsp3) is 0.222. The minimum atomic E-state index is -0.217. The van der Waals surface area contributed by atoms with Crippen molar-refractivity contribution in [1.29, 1.82) is 0 Å². The molecule has 23 heavy (non-hydrogen) atoms. The molecule has 1 amide bonds. The van der Waals surface area contributed by atoms with Gasteiger partial charge >= 0.3 is 0 Å². The third kappa shape index (κ3) is 4.88. The van der Waals surface area contributed by atoms with Crippen molar-refractivity contribution in [2.45, 2.75) is 26.2 Å². The lowest BCUT2D eigenvalue weighted by atomic mass is 9.97. The maximum absolute atomic E-state index is 12.1. The van der Waals surface area contributed by atoms with Gasteiger partial charge in [-0.2, -0.15) is 0 Å². The molecule has 0 aromatic heterocycles. The molecule has 0 fully saturated rings. The largest absolute Gasteiger partial charge is 0.332 e. The van der Waals surface area contributed by atoms with Gasteiger partial charge in [-0.05, 0) is 60.5 Å². The highest BCUT2D eigenvalue weighted by Crippen LogP contribution is 2.29. The molecule has 0 saturated carbocycles. The van der Waals surface area contributed by atoms with E-state index in [4.69, 9.17) is 12.2 Å². The number of amides is 1. The molecular weight excluding hydrogens is 372 g/mol. The molecule has 0 spiro atoms. The summed E-state index contributed by atoms with van der Waals surface area (Å²) in [5.74, 6) is 0.174. The highest BCUT2D eigenvalue weighted by Gasteiger charge is 2.12. The standard InChI is InChI=1S/C18H19BrN2OS/c1-3-12(2)15-11-14(19)9-10-16(15)20-18(23)21-17(22)13-7-5-4-6-8-13/h4-12H,3H2,1-2H3,(H2,20,21,22,23). The number of nitrogens with one attached hydrogen (secondary N) is 2. The maximum Gasteiger partial charge on any atom is 0.257 e. The molecule has 0 heterocycles. The Balaban J connectivity index is 2.10. The Labute approximate surface area is 150 Å². The van der Waals surface area contributed by atoms with E-state index in [9.17, 15) is 4.79 Å². The van der Waals surface area contributed by atoms with Crippen molar-refractivity contribution in [2.75, 3.05) is 5.32 Å². The van der Waals surface area contributed by atoms with Crippen molar-refractivity contribution in [2.24, 2.45) is 0 Å². The number of hydrogen-bond acceptors (Lipinski definition) is 2. The second kappa shape index (κ2) is 8.22. The third-order valence-electron chi connectivity index (χ3n) is 3.67. The zero-order valence-electron chi connectivity index (χ0n) is 13.1. The van der Waals surface area contributed by atoms with E-state index in [1.54, 1.807) is 12.1 Å². The van der Waals surface area contributed by atoms with Gasteiger partial charge < -0.3 is 5.32 Å². The van der Waals surface area contributed by atoms with Crippen molar-refractivity contribution in [3.63, 3.8) is 0 Å². The Morgan fingerprint density at radius 3 is 2.57 bits per heavy atom. The van der Waals surface area contributed by atoms with E-state index < -0.39 is 0 Å². The number of thiocarbonyl (C=S) groups is 1. The number of rotatable bonds is 4. The summed E-state index contributed by atoms with van der Waals surface area (Å²) in [5, 5.41) is 6.14. The van der Waals surface area contributed by atoms with E-state index >= 15 is 0 Å². The fourth-order valence-electron chi connectivity index (χ4n) is 2.19. The number of halogens is 1. The molecule has 5 heteroatoms. The van der Waals surface area contributed by atoms with Gasteiger partial charge in [-0.3, -0.25) is 10.1 Å². The van der Waals surface area contributed by atoms with Crippen molar-refractivity contribution >= 4 is 44.9 Å². The van der Waals surface area contributed by atoms with Crippen molar-refractivity contribution in [1.82, 2.24) is 5.32 Å². The highest BCUT2D eigenvalue weighted by molar-refractivity contribution is 9.10. The van der Waals surface area contributed by atoms with Gasteiger partial charge in [0, 0.05) is 15.7 Å². The van der Waals surface area contributed by atoms with Crippen LogP contribution in [-0.4, -0.2) is 11.0 Å². The van der Waals surface area contributed by atoms with Gasteiger partial charge in [-0.15, -0.1) is 0 Å². The molecule has 2 aromatic carbocycles. The van der Waals surface area contributed by atoms with Crippen LogP contribution in [0.25, 0.3) is 0 Å². The molecule has 0 aliphatic rings. The minimum absolute atomic E-state index is 0.217. The summed E-state index contributed by atoms with van der Waals surface area (Å²) < 4.78 is 1.03. The molecule has 2 aromatic rings. The second-order valence-electron chi connectivity index (χ2n) is 5.32. The smallest absolute Gasteiger partial charge is 0.257 e. The first-order chi connectivity index (χ1) is 11.0. The van der Waals surface area contributed by atoms with Crippen molar-refractivity contribution in [3.8, 4) is 0 Å². The first-order valence-electron chi connectivity index (χ1n) is 7.48. The van der Waals surface area contributed by atoms with E-state index in [1.165, 1.54) is 0 Å². The van der Waals surface area contributed by atoms with E-state index in [1.807, 2.05) is 30.3 Å². The molecule has 2 N–H and O–H groups in total. The molecule has 1 unspecified atom stereocenters. The zero-order chi connectivity index (χ0) is 16.8. The number of carbonyl (C=O) groups excluding carboxylic acids is 1. The van der Waals surface area contributed by atoms with Crippen LogP contribution in [0.1, 0.15) is 42.1 Å². The first kappa shape index (κ1) is 17.6. The van der Waals surface area contributed by atoms with E-state index in [0.29, 0.717) is 16.6 Å². The molecular formula is C18H19BrN2OS. The van der Waals surface area contributed by atoms with Gasteiger partial charge in [0.15, 0.2) is 5.11 Å². The Kier molecular flexibility index (Phi) is 6.30. The monoisotopic (exact) mass is 390 g/mol. The lowest BCUT2D eigenvalue weighted by Crippen LogP contribution is -2.34. The van der Waals surface area contributed by atoms with Crippen LogP contribution < -0.4 is 10.6 Å². The van der Waals surface area contributed by atoms with E-state index in [0.717, 1.165) is 22.1 Å². The average molecular weight is 391 g/mol. The third-order valence-corrected chi connectivity index (χ3v) is 4.37. The molecule has 120 valence electrons. The van der Waals surface area contributed by atoms with Crippen LogP contribution in [0.4, 0.5) is 5.69 Å². The molecule has 2 rings (SSSR count). The number of anilines is 1. The molecule has 0 aliphatic heterocycles. The van der Waals surface area contributed by atoms with Crippen LogP contribution in [0.3, 0.4) is 0 Å². The molecule has 0 radical (unpaired) electrons. The van der Waals surface area contributed by atoms with Crippen LogP contribution in [0.5, 0.6) is 0 Å². The molecule has 0 aliphatic carbocycles. The van der Waals surface area contributed by atoms with E-state index in [2.05, 4.69) is 46.5 Å². The van der Waals surface area contributed by atoms with Gasteiger partial charge in [0.25, 0.3) is 5.91 Å². The van der Waals surface area contributed by atoms with Gasteiger partial charge in [-0.1, -0.05) is 48.0 Å². The number of benzene rings is 2. The lowest BCUT2D eigenvalue weighted by molar-refractivity contribution is 0.0977. The summed E-state index contributed by atoms with van der Waals surface area (Å²) in [5.41, 5.74) is 2.66. The van der Waals surface area contributed by atoms with Gasteiger partial charge in [-0.25, -0.2) is 0 Å². The summed E-state index contributed by atoms with van der Waals surface area (Å²) in [6.45, 7) is 4.31. The molecule has 0 bridgehead atoms. The average Bonchev–Trinajstić information content (AvgIpc) is 2.56. The summed E-state index contributed by atoms with van der Waals surface area (Å²) in [7, 11) is 0. The maximum atomic E-state index is 12.1. The molecule has 1 atom stereocenters. The summed E-state index contributed by atoms with van der Waals surface area (Å²) >= 11 is 8.77. The zero-order valence-corrected chi connectivity index (χ0v) is 15.5. The Bertz CT molecular complexity index is 703. The quantitative estimate of drug-likeness (QED) is 0.714. The van der Waals surface area contributed by atoms with Crippen LogP contribution in [0, 0.1) is 0 Å². The van der Waals surface area contributed by atoms with Gasteiger partial charge in [0.1, 0.15) is 0 Å². The SMILES string of the molecule is CCC(C)c1cc(Br)ccc1NC(=S)NC(=O)c1ccccc1. The predicted octanol–water partition coefficient (Wildman–Crippen LogP) is 5.09. The minimum Gasteiger partial charge on any atom is -0.332 e. The van der Waals surface area contributed by atoms with Crippen LogP contribution in [0.2, 0.25) is 0 Å². The van der Waals surface area contributed by atoms with Gasteiger partial charge in [0.05, 0.1) is 0 Å². The second-order valence-corrected chi connectivity index (χ2v) is 6.64. The molecule has 3 nitrogen and oxygen atoms in total. The van der Waals surface area contributed by atoms with Crippen molar-refractivity contribution in [3.05, 3.63) is 64.1 Å². The summed E-state index contributed by atoms with van der Waals surface area (Å²) in [6, 6.07) is 15.0. The van der Waals surface area contributed by atoms with Crippen LogP contribution in [-0.2, 0) is 0 Å². The van der Waals surface area contributed by atoms with Crippen molar-refractivity contribution < 1.29 is 4.79 Å². The Morgan fingerprint density at radius 2 is 1.91 bits per heavy atom. The normalized spacial score (nSPS) is 11.6.